The fourth-order valence-electron chi connectivity index (χ4n) is 1.38. The quantitative estimate of drug-likeness (QED) is 0.778. The summed E-state index contributed by atoms with van der Waals surface area (Å²) >= 11 is 0. The molecule has 5 nitrogen and oxygen atoms in total. The summed E-state index contributed by atoms with van der Waals surface area (Å²) in [5.74, 6) is -0.493. The van der Waals surface area contributed by atoms with Crippen molar-refractivity contribution < 1.29 is 18.3 Å². The molecule has 1 rings (SSSR count). The highest BCUT2D eigenvalue weighted by Crippen LogP contribution is 2.18. The molecule has 0 radical (unpaired) electrons. The largest absolute Gasteiger partial charge is 0.388 e. The normalized spacial score (nSPS) is 12.1. The Balaban J connectivity index is 3.31. The molecule has 0 saturated heterocycles. The van der Waals surface area contributed by atoms with Crippen molar-refractivity contribution in [2.45, 2.75) is 24.1 Å². The minimum atomic E-state index is -3.40. The second kappa shape index (κ2) is 4.39. The standard InChI is InChI=1S/C10H15NO4S/c1-7(2)16(14,15)10-5-4-8(11(10)3)9(13)6-12/h4-5,7,12H,6H2,1-3H3. The highest BCUT2D eigenvalue weighted by atomic mass is 32.2. The van der Waals surface area contributed by atoms with Gasteiger partial charge in [-0.3, -0.25) is 4.79 Å². The first-order valence-corrected chi connectivity index (χ1v) is 6.40. The van der Waals surface area contributed by atoms with E-state index in [-0.39, 0.29) is 10.7 Å². The predicted octanol–water partition coefficient (Wildman–Crippen LogP) is 0.382. The number of hydrogen-bond acceptors (Lipinski definition) is 4. The molecule has 0 saturated carbocycles. The molecule has 0 unspecified atom stereocenters. The molecule has 0 spiro atoms. The van der Waals surface area contributed by atoms with Gasteiger partial charge in [0.05, 0.1) is 10.9 Å². The molecular weight excluding hydrogens is 230 g/mol. The molecule has 0 aliphatic heterocycles. The smallest absolute Gasteiger partial charge is 0.204 e. The van der Waals surface area contributed by atoms with Gasteiger partial charge in [0.2, 0.25) is 5.78 Å². The molecule has 1 heterocycles. The summed E-state index contributed by atoms with van der Waals surface area (Å²) in [5, 5.41) is 8.27. The lowest BCUT2D eigenvalue weighted by molar-refractivity contribution is 0.0894. The van der Waals surface area contributed by atoms with Crippen LogP contribution in [-0.2, 0) is 16.9 Å². The van der Waals surface area contributed by atoms with Crippen molar-refractivity contribution in [1.82, 2.24) is 4.57 Å². The van der Waals surface area contributed by atoms with Gasteiger partial charge in [-0.05, 0) is 26.0 Å². The van der Waals surface area contributed by atoms with Crippen LogP contribution in [0.1, 0.15) is 24.3 Å². The summed E-state index contributed by atoms with van der Waals surface area (Å²) in [6.07, 6.45) is 0. The maximum atomic E-state index is 11.9. The Morgan fingerprint density at radius 3 is 2.44 bits per heavy atom. The average Bonchev–Trinajstić information content (AvgIpc) is 2.59. The number of Topliss-reactive ketones (excluding diaryl/α,β-unsaturated/α-hetero) is 1. The lowest BCUT2D eigenvalue weighted by atomic mass is 10.3. The monoisotopic (exact) mass is 245 g/mol. The van der Waals surface area contributed by atoms with E-state index in [0.29, 0.717) is 0 Å². The average molecular weight is 245 g/mol. The van der Waals surface area contributed by atoms with E-state index in [1.807, 2.05) is 0 Å². The van der Waals surface area contributed by atoms with Crippen molar-refractivity contribution in [3.05, 3.63) is 17.8 Å². The summed E-state index contributed by atoms with van der Waals surface area (Å²) in [7, 11) is -1.90. The van der Waals surface area contributed by atoms with Crippen molar-refractivity contribution in [2.24, 2.45) is 7.05 Å². The van der Waals surface area contributed by atoms with Crippen LogP contribution in [0.2, 0.25) is 0 Å². The number of ketones is 1. The number of aromatic nitrogens is 1. The molecule has 0 amide bonds. The van der Waals surface area contributed by atoms with E-state index in [9.17, 15) is 13.2 Å². The minimum absolute atomic E-state index is 0.0966. The van der Waals surface area contributed by atoms with Crippen molar-refractivity contribution in [3.63, 3.8) is 0 Å². The third-order valence-corrected chi connectivity index (χ3v) is 4.65. The number of carbonyl (C=O) groups excluding carboxylic acids is 1. The van der Waals surface area contributed by atoms with Crippen LogP contribution in [0.25, 0.3) is 0 Å². The first kappa shape index (κ1) is 12.9. The minimum Gasteiger partial charge on any atom is -0.388 e. The van der Waals surface area contributed by atoms with Gasteiger partial charge in [-0.25, -0.2) is 8.42 Å². The molecule has 0 aromatic carbocycles. The summed E-state index contributed by atoms with van der Waals surface area (Å²) in [6, 6.07) is 2.80. The first-order chi connectivity index (χ1) is 7.32. The molecular formula is C10H15NO4S. The van der Waals surface area contributed by atoms with Crippen LogP contribution in [-0.4, -0.2) is 35.7 Å². The van der Waals surface area contributed by atoms with Gasteiger partial charge in [-0.15, -0.1) is 0 Å². The molecule has 0 aliphatic rings. The number of carbonyl (C=O) groups is 1. The molecule has 0 bridgehead atoms. The molecule has 90 valence electrons. The summed E-state index contributed by atoms with van der Waals surface area (Å²) < 4.78 is 25.1. The summed E-state index contributed by atoms with van der Waals surface area (Å²) in [4.78, 5) is 11.3. The predicted molar refractivity (Wildman–Crippen MR) is 59.2 cm³/mol. The van der Waals surface area contributed by atoms with Crippen LogP contribution in [0.4, 0.5) is 0 Å². The van der Waals surface area contributed by atoms with Gasteiger partial charge in [0.1, 0.15) is 11.6 Å². The van der Waals surface area contributed by atoms with Gasteiger partial charge < -0.3 is 9.67 Å². The summed E-state index contributed by atoms with van der Waals surface area (Å²) in [5.41, 5.74) is 0.196. The Bertz CT molecular complexity index is 499. The molecule has 0 atom stereocenters. The van der Waals surface area contributed by atoms with Crippen molar-refractivity contribution in [2.75, 3.05) is 6.61 Å². The number of aliphatic hydroxyl groups excluding tert-OH is 1. The third kappa shape index (κ3) is 2.03. The Morgan fingerprint density at radius 2 is 2.00 bits per heavy atom. The van der Waals surface area contributed by atoms with Crippen molar-refractivity contribution >= 4 is 15.6 Å². The number of aliphatic hydroxyl groups is 1. The fraction of sp³-hybridized carbons (Fsp3) is 0.500. The van der Waals surface area contributed by atoms with Crippen LogP contribution in [0.5, 0.6) is 0 Å². The maximum Gasteiger partial charge on any atom is 0.204 e. The molecule has 1 aromatic rings. The second-order valence-electron chi connectivity index (χ2n) is 3.79. The molecule has 1 N–H and O–H groups in total. The van der Waals surface area contributed by atoms with Gasteiger partial charge >= 0.3 is 0 Å². The van der Waals surface area contributed by atoms with Gasteiger partial charge in [0.25, 0.3) is 0 Å². The van der Waals surface area contributed by atoms with Crippen LogP contribution in [0, 0.1) is 0 Å². The van der Waals surface area contributed by atoms with E-state index >= 15 is 0 Å². The van der Waals surface area contributed by atoms with E-state index in [0.717, 1.165) is 0 Å². The van der Waals surface area contributed by atoms with Gasteiger partial charge in [0.15, 0.2) is 9.84 Å². The van der Waals surface area contributed by atoms with Crippen molar-refractivity contribution in [1.29, 1.82) is 0 Å². The van der Waals surface area contributed by atoms with E-state index in [4.69, 9.17) is 5.11 Å². The van der Waals surface area contributed by atoms with E-state index < -0.39 is 27.5 Å². The van der Waals surface area contributed by atoms with Crippen molar-refractivity contribution in [3.8, 4) is 0 Å². The van der Waals surface area contributed by atoms with Crippen LogP contribution >= 0.6 is 0 Å². The number of hydrogen-bond donors (Lipinski definition) is 1. The van der Waals surface area contributed by atoms with Crippen LogP contribution in [0.3, 0.4) is 0 Å². The lowest BCUT2D eigenvalue weighted by Crippen LogP contribution is -2.19. The SMILES string of the molecule is CC(C)S(=O)(=O)c1ccc(C(=O)CO)n1C. The molecule has 0 aliphatic carbocycles. The highest BCUT2D eigenvalue weighted by molar-refractivity contribution is 7.92. The second-order valence-corrected chi connectivity index (χ2v) is 6.24. The number of sulfone groups is 1. The van der Waals surface area contributed by atoms with Crippen LogP contribution < -0.4 is 0 Å². The Hall–Kier alpha value is -1.14. The van der Waals surface area contributed by atoms with Gasteiger partial charge in [-0.2, -0.15) is 0 Å². The van der Waals surface area contributed by atoms with Crippen LogP contribution in [0.15, 0.2) is 17.2 Å². The highest BCUT2D eigenvalue weighted by Gasteiger charge is 2.24. The Labute approximate surface area is 94.6 Å². The van der Waals surface area contributed by atoms with E-state index in [2.05, 4.69) is 0 Å². The molecule has 16 heavy (non-hydrogen) atoms. The van der Waals surface area contributed by atoms with Gasteiger partial charge in [0, 0.05) is 7.05 Å². The Morgan fingerprint density at radius 1 is 1.44 bits per heavy atom. The molecule has 1 aromatic heterocycles. The number of rotatable bonds is 4. The maximum absolute atomic E-state index is 11.9. The third-order valence-electron chi connectivity index (χ3n) is 2.42. The Kier molecular flexibility index (Phi) is 3.54. The lowest BCUT2D eigenvalue weighted by Gasteiger charge is -2.09. The summed E-state index contributed by atoms with van der Waals surface area (Å²) in [6.45, 7) is 2.53. The molecule has 6 heteroatoms. The zero-order valence-electron chi connectivity index (χ0n) is 9.47. The van der Waals surface area contributed by atoms with E-state index in [1.54, 1.807) is 13.8 Å². The fourth-order valence-corrected chi connectivity index (χ4v) is 2.60. The number of nitrogens with zero attached hydrogens (tertiary/aromatic N) is 1. The van der Waals surface area contributed by atoms with E-state index in [1.165, 1.54) is 23.7 Å². The zero-order valence-corrected chi connectivity index (χ0v) is 10.3. The van der Waals surface area contributed by atoms with Gasteiger partial charge in [-0.1, -0.05) is 0 Å². The first-order valence-electron chi connectivity index (χ1n) is 4.86. The topological polar surface area (TPSA) is 76.4 Å². The zero-order chi connectivity index (χ0) is 12.5. The molecule has 0 fully saturated rings.